The maximum atomic E-state index is 13.1. The highest BCUT2D eigenvalue weighted by atomic mass is 16.2. The van der Waals surface area contributed by atoms with Crippen LogP contribution in [0.3, 0.4) is 0 Å². The summed E-state index contributed by atoms with van der Waals surface area (Å²) < 4.78 is 1.81. The first-order valence-corrected chi connectivity index (χ1v) is 8.96. The summed E-state index contributed by atoms with van der Waals surface area (Å²) >= 11 is 0. The lowest BCUT2D eigenvalue weighted by Crippen LogP contribution is -2.47. The van der Waals surface area contributed by atoms with E-state index in [0.29, 0.717) is 5.56 Å². The van der Waals surface area contributed by atoms with Gasteiger partial charge in [-0.1, -0.05) is 43.3 Å². The second kappa shape index (κ2) is 6.75. The Morgan fingerprint density at radius 1 is 1.04 bits per heavy atom. The molecule has 1 fully saturated rings. The molecule has 1 atom stereocenters. The van der Waals surface area contributed by atoms with Gasteiger partial charge in [0.25, 0.3) is 5.91 Å². The second-order valence-corrected chi connectivity index (χ2v) is 7.18. The highest BCUT2D eigenvalue weighted by molar-refractivity contribution is 5.95. The van der Waals surface area contributed by atoms with Crippen LogP contribution in [0, 0.1) is 0 Å². The van der Waals surface area contributed by atoms with Crippen molar-refractivity contribution < 1.29 is 4.79 Å². The first-order valence-electron chi connectivity index (χ1n) is 8.96. The van der Waals surface area contributed by atoms with Crippen LogP contribution < -0.4 is 0 Å². The van der Waals surface area contributed by atoms with Crippen LogP contribution in [0.15, 0.2) is 67.3 Å². The molecular weight excluding hydrogens is 324 g/mol. The molecule has 2 heterocycles. The molecule has 1 amide bonds. The van der Waals surface area contributed by atoms with Crippen molar-refractivity contribution in [2.45, 2.75) is 25.2 Å². The fourth-order valence-electron chi connectivity index (χ4n) is 3.81. The van der Waals surface area contributed by atoms with Crippen LogP contribution >= 0.6 is 0 Å². The van der Waals surface area contributed by atoms with Crippen LogP contribution in [0.2, 0.25) is 0 Å². The Kier molecular flexibility index (Phi) is 4.29. The zero-order valence-corrected chi connectivity index (χ0v) is 14.9. The zero-order chi connectivity index (χ0) is 18.0. The Labute approximate surface area is 153 Å². The molecule has 2 aromatic carbocycles. The molecule has 5 nitrogen and oxygen atoms in total. The number of rotatable bonds is 3. The minimum absolute atomic E-state index is 0.00104. The number of hydrogen-bond donors (Lipinski definition) is 0. The number of hydrogen-bond acceptors (Lipinski definition) is 3. The molecular formula is C21H22N4O. The van der Waals surface area contributed by atoms with E-state index in [4.69, 9.17) is 0 Å². The van der Waals surface area contributed by atoms with E-state index < -0.39 is 0 Å². The molecule has 1 aliphatic rings. The third-order valence-electron chi connectivity index (χ3n) is 5.26. The minimum atomic E-state index is 0.00104. The molecule has 4 rings (SSSR count). The van der Waals surface area contributed by atoms with Gasteiger partial charge in [0.1, 0.15) is 12.7 Å². The van der Waals surface area contributed by atoms with Crippen molar-refractivity contribution in [1.29, 1.82) is 0 Å². The van der Waals surface area contributed by atoms with Crippen LogP contribution in [0.5, 0.6) is 0 Å². The van der Waals surface area contributed by atoms with Gasteiger partial charge in [-0.2, -0.15) is 0 Å². The van der Waals surface area contributed by atoms with Gasteiger partial charge >= 0.3 is 0 Å². The summed E-state index contributed by atoms with van der Waals surface area (Å²) in [6.07, 6.45) is 5.39. The van der Waals surface area contributed by atoms with Crippen molar-refractivity contribution in [3.63, 3.8) is 0 Å². The lowest BCUT2D eigenvalue weighted by Gasteiger charge is -2.41. The second-order valence-electron chi connectivity index (χ2n) is 7.18. The molecule has 0 aliphatic carbocycles. The topological polar surface area (TPSA) is 51.0 Å². The van der Waals surface area contributed by atoms with Gasteiger partial charge in [0, 0.05) is 29.8 Å². The Hall–Kier alpha value is -2.95. The molecule has 1 saturated heterocycles. The fourth-order valence-corrected chi connectivity index (χ4v) is 3.81. The number of likely N-dealkylation sites (tertiary alicyclic amines) is 1. The van der Waals surface area contributed by atoms with E-state index in [1.165, 1.54) is 5.56 Å². The van der Waals surface area contributed by atoms with Gasteiger partial charge in [0.15, 0.2) is 0 Å². The quantitative estimate of drug-likeness (QED) is 0.730. The summed E-state index contributed by atoms with van der Waals surface area (Å²) in [6, 6.07) is 18.2. The summed E-state index contributed by atoms with van der Waals surface area (Å²) in [5, 5.41) is 7.67. The molecule has 0 radical (unpaired) electrons. The maximum Gasteiger partial charge on any atom is 0.253 e. The molecule has 5 heteroatoms. The Morgan fingerprint density at radius 2 is 1.81 bits per heavy atom. The predicted octanol–water partition coefficient (Wildman–Crippen LogP) is 3.46. The maximum absolute atomic E-state index is 13.1. The lowest BCUT2D eigenvalue weighted by molar-refractivity contribution is 0.0651. The standard InChI is InChI=1S/C21H22N4O/c1-21(18-8-3-2-4-9-18)11-6-12-24(14-21)20(26)17-7-5-10-19(13-17)25-15-22-23-16-25/h2-5,7-10,13,15-16H,6,11-12,14H2,1H3/t21-/m0/s1. The van der Waals surface area contributed by atoms with Crippen molar-refractivity contribution in [2.24, 2.45) is 0 Å². The van der Waals surface area contributed by atoms with Gasteiger partial charge in [0.2, 0.25) is 0 Å². The van der Waals surface area contributed by atoms with E-state index in [0.717, 1.165) is 31.6 Å². The minimum Gasteiger partial charge on any atom is -0.338 e. The zero-order valence-electron chi connectivity index (χ0n) is 14.9. The summed E-state index contributed by atoms with van der Waals surface area (Å²) in [4.78, 5) is 15.1. The van der Waals surface area contributed by atoms with E-state index in [1.807, 2.05) is 35.2 Å². The largest absolute Gasteiger partial charge is 0.338 e. The fraction of sp³-hybridized carbons (Fsp3) is 0.286. The SMILES string of the molecule is C[C@]1(c2ccccc2)CCCN(C(=O)c2cccc(-n3cnnc3)c2)C1. The third kappa shape index (κ3) is 3.12. The number of amides is 1. The van der Waals surface area contributed by atoms with Crippen molar-refractivity contribution in [3.8, 4) is 5.69 Å². The van der Waals surface area contributed by atoms with Crippen LogP contribution in [-0.2, 0) is 5.41 Å². The first-order chi connectivity index (χ1) is 12.7. The number of carbonyl (C=O) groups is 1. The Morgan fingerprint density at radius 3 is 2.58 bits per heavy atom. The number of carbonyl (C=O) groups excluding carboxylic acids is 1. The number of piperidine rings is 1. The molecule has 0 spiro atoms. The first kappa shape index (κ1) is 16.5. The highest BCUT2D eigenvalue weighted by Gasteiger charge is 2.34. The predicted molar refractivity (Wildman–Crippen MR) is 100 cm³/mol. The van der Waals surface area contributed by atoms with E-state index in [-0.39, 0.29) is 11.3 Å². The Balaban J connectivity index is 1.58. The van der Waals surface area contributed by atoms with Gasteiger partial charge in [-0.25, -0.2) is 0 Å². The van der Waals surface area contributed by atoms with E-state index in [1.54, 1.807) is 17.2 Å². The molecule has 132 valence electrons. The molecule has 1 aromatic heterocycles. The molecule has 0 N–H and O–H groups in total. The summed E-state index contributed by atoms with van der Waals surface area (Å²) in [5.74, 6) is 0.0850. The van der Waals surface area contributed by atoms with Crippen molar-refractivity contribution in [3.05, 3.63) is 78.4 Å². The van der Waals surface area contributed by atoms with Gasteiger partial charge in [-0.3, -0.25) is 9.36 Å². The van der Waals surface area contributed by atoms with Crippen molar-refractivity contribution >= 4 is 5.91 Å². The number of aromatic nitrogens is 3. The number of benzene rings is 2. The van der Waals surface area contributed by atoms with Gasteiger partial charge in [-0.05, 0) is 36.6 Å². The summed E-state index contributed by atoms with van der Waals surface area (Å²) in [5.41, 5.74) is 2.90. The highest BCUT2D eigenvalue weighted by Crippen LogP contribution is 2.34. The van der Waals surface area contributed by atoms with Crippen molar-refractivity contribution in [2.75, 3.05) is 13.1 Å². The van der Waals surface area contributed by atoms with Gasteiger partial charge in [0.05, 0.1) is 0 Å². The summed E-state index contributed by atoms with van der Waals surface area (Å²) in [7, 11) is 0. The molecule has 0 unspecified atom stereocenters. The van der Waals surface area contributed by atoms with Crippen LogP contribution in [0.4, 0.5) is 0 Å². The third-order valence-corrected chi connectivity index (χ3v) is 5.26. The lowest BCUT2D eigenvalue weighted by atomic mass is 9.76. The average molecular weight is 346 g/mol. The molecule has 26 heavy (non-hydrogen) atoms. The molecule has 3 aromatic rings. The van der Waals surface area contributed by atoms with Crippen molar-refractivity contribution in [1.82, 2.24) is 19.7 Å². The monoisotopic (exact) mass is 346 g/mol. The van der Waals surface area contributed by atoms with Gasteiger partial charge in [-0.15, -0.1) is 10.2 Å². The normalized spacial score (nSPS) is 20.1. The Bertz CT molecular complexity index is 891. The molecule has 0 saturated carbocycles. The van der Waals surface area contributed by atoms with E-state index in [9.17, 15) is 4.79 Å². The van der Waals surface area contributed by atoms with E-state index >= 15 is 0 Å². The summed E-state index contributed by atoms with van der Waals surface area (Å²) in [6.45, 7) is 3.81. The van der Waals surface area contributed by atoms with Gasteiger partial charge < -0.3 is 4.90 Å². The molecule has 0 bridgehead atoms. The number of nitrogens with zero attached hydrogens (tertiary/aromatic N) is 4. The molecule has 1 aliphatic heterocycles. The smallest absolute Gasteiger partial charge is 0.253 e. The van der Waals surface area contributed by atoms with Crippen LogP contribution in [0.1, 0.15) is 35.7 Å². The average Bonchev–Trinajstić information content (AvgIpc) is 3.23. The van der Waals surface area contributed by atoms with Crippen LogP contribution in [-0.4, -0.2) is 38.7 Å². The van der Waals surface area contributed by atoms with E-state index in [2.05, 4.69) is 41.4 Å². The van der Waals surface area contributed by atoms with Crippen LogP contribution in [0.25, 0.3) is 5.69 Å².